The number of carbonyl (C=O) groups is 1. The molecule has 0 spiro atoms. The molecule has 1 amide bonds. The van der Waals surface area contributed by atoms with Gasteiger partial charge in [0.15, 0.2) is 5.69 Å². The van der Waals surface area contributed by atoms with Crippen molar-refractivity contribution in [3.05, 3.63) is 46.3 Å². The maximum atomic E-state index is 13.1. The zero-order valence-corrected chi connectivity index (χ0v) is 16.6. The maximum Gasteiger partial charge on any atom is 0.274 e. The highest BCUT2D eigenvalue weighted by molar-refractivity contribution is 5.94. The largest absolute Gasteiger partial charge is 0.340 e. The van der Waals surface area contributed by atoms with Crippen LogP contribution in [0.4, 0.5) is 0 Å². The molecule has 2 N–H and O–H groups in total. The van der Waals surface area contributed by atoms with Gasteiger partial charge in [-0.15, -0.1) is 0 Å². The second kappa shape index (κ2) is 6.88. The van der Waals surface area contributed by atoms with Crippen LogP contribution < -0.4 is 5.73 Å². The highest BCUT2D eigenvalue weighted by Crippen LogP contribution is 2.30. The molecule has 1 heterocycles. The second-order valence-electron chi connectivity index (χ2n) is 8.36. The molecule has 2 aromatic rings. The van der Waals surface area contributed by atoms with E-state index in [1.807, 2.05) is 11.7 Å². The zero-order chi connectivity index (χ0) is 19.1. The lowest BCUT2D eigenvalue weighted by Crippen LogP contribution is -2.40. The van der Waals surface area contributed by atoms with E-state index in [1.54, 1.807) is 4.90 Å². The number of benzene rings is 1. The molecular weight excluding hydrogens is 324 g/mol. The molecule has 0 unspecified atom stereocenters. The topological polar surface area (TPSA) is 64.2 Å². The third-order valence-corrected chi connectivity index (χ3v) is 5.28. The van der Waals surface area contributed by atoms with E-state index in [-0.39, 0.29) is 11.3 Å². The van der Waals surface area contributed by atoms with Crippen LogP contribution >= 0.6 is 0 Å². The van der Waals surface area contributed by atoms with Gasteiger partial charge < -0.3 is 10.6 Å². The van der Waals surface area contributed by atoms with E-state index in [4.69, 9.17) is 10.8 Å². The summed E-state index contributed by atoms with van der Waals surface area (Å²) in [5, 5.41) is 4.76. The summed E-state index contributed by atoms with van der Waals surface area (Å²) >= 11 is 0. The normalized spacial score (nSPS) is 13.8. The molecule has 5 nitrogen and oxygen atoms in total. The molecule has 3 rings (SSSR count). The summed E-state index contributed by atoms with van der Waals surface area (Å²) in [6, 6.07) is 6.37. The Labute approximate surface area is 156 Å². The van der Waals surface area contributed by atoms with Crippen molar-refractivity contribution in [3.63, 3.8) is 0 Å². The molecule has 1 aliphatic rings. The predicted molar refractivity (Wildman–Crippen MR) is 105 cm³/mol. The number of aryl methyl sites for hydroxylation is 2. The van der Waals surface area contributed by atoms with Crippen molar-refractivity contribution in [2.24, 2.45) is 11.1 Å². The summed E-state index contributed by atoms with van der Waals surface area (Å²) in [5.41, 5.74) is 12.1. The molecule has 0 bridgehead atoms. The minimum absolute atomic E-state index is 0.00631. The van der Waals surface area contributed by atoms with Gasteiger partial charge in [0.2, 0.25) is 0 Å². The fourth-order valence-corrected chi connectivity index (χ4v) is 3.81. The van der Waals surface area contributed by atoms with Crippen LogP contribution in [0.3, 0.4) is 0 Å². The molecule has 1 aromatic carbocycles. The molecule has 1 aliphatic carbocycles. The first-order chi connectivity index (χ1) is 12.2. The molecule has 140 valence electrons. The fraction of sp³-hybridized carbons (Fsp3) is 0.524. The number of nitrogens with zero attached hydrogens (tertiary/aromatic N) is 3. The summed E-state index contributed by atoms with van der Waals surface area (Å²) in [5.74, 6) is -0.00631. The van der Waals surface area contributed by atoms with Crippen molar-refractivity contribution in [1.29, 1.82) is 0 Å². The lowest BCUT2D eigenvalue weighted by molar-refractivity contribution is 0.0733. The minimum atomic E-state index is -0.107. The van der Waals surface area contributed by atoms with Crippen LogP contribution in [0.15, 0.2) is 18.2 Å². The summed E-state index contributed by atoms with van der Waals surface area (Å²) < 4.78 is 1.99. The summed E-state index contributed by atoms with van der Waals surface area (Å²) in [6.45, 7) is 9.51. The van der Waals surface area contributed by atoms with E-state index < -0.39 is 0 Å². The molecule has 26 heavy (non-hydrogen) atoms. The van der Waals surface area contributed by atoms with Crippen LogP contribution in [0.2, 0.25) is 0 Å². The Morgan fingerprint density at radius 2 is 2.04 bits per heavy atom. The molecule has 0 fully saturated rings. The Morgan fingerprint density at radius 3 is 2.69 bits per heavy atom. The van der Waals surface area contributed by atoms with Crippen LogP contribution in [0.5, 0.6) is 0 Å². The Hall–Kier alpha value is -2.14. The number of aromatic nitrogens is 2. The van der Waals surface area contributed by atoms with Gasteiger partial charge >= 0.3 is 0 Å². The number of amides is 1. The van der Waals surface area contributed by atoms with E-state index in [0.29, 0.717) is 18.8 Å². The first-order valence-electron chi connectivity index (χ1n) is 9.37. The number of hydrogen-bond acceptors (Lipinski definition) is 3. The predicted octanol–water partition coefficient (Wildman–Crippen LogP) is 3.03. The van der Waals surface area contributed by atoms with Crippen LogP contribution in [0.1, 0.15) is 53.1 Å². The third kappa shape index (κ3) is 3.40. The lowest BCUT2D eigenvalue weighted by Gasteiger charge is -2.28. The van der Waals surface area contributed by atoms with Crippen LogP contribution in [0.25, 0.3) is 5.69 Å². The highest BCUT2D eigenvalue weighted by Gasteiger charge is 2.30. The van der Waals surface area contributed by atoms with Crippen molar-refractivity contribution >= 4 is 5.91 Å². The minimum Gasteiger partial charge on any atom is -0.340 e. The Kier molecular flexibility index (Phi) is 4.93. The molecule has 0 saturated heterocycles. The lowest BCUT2D eigenvalue weighted by atomic mass is 9.93. The SMILES string of the molecule is Cc1ccc(-n2nc(C(=O)N(C)CC(C)(C)CN)c3c2CCC3)c(C)c1. The fourth-order valence-electron chi connectivity index (χ4n) is 3.81. The molecule has 5 heteroatoms. The number of hydrogen-bond donors (Lipinski definition) is 1. The number of rotatable bonds is 5. The van der Waals surface area contributed by atoms with Crippen molar-refractivity contribution in [2.45, 2.75) is 47.0 Å². The summed E-state index contributed by atoms with van der Waals surface area (Å²) in [6.07, 6.45) is 2.98. The molecule has 1 aromatic heterocycles. The van der Waals surface area contributed by atoms with Crippen LogP contribution in [-0.2, 0) is 12.8 Å². The van der Waals surface area contributed by atoms with Crippen molar-refractivity contribution in [1.82, 2.24) is 14.7 Å². The van der Waals surface area contributed by atoms with Gasteiger partial charge in [-0.05, 0) is 56.7 Å². The van der Waals surface area contributed by atoms with Crippen molar-refractivity contribution in [2.75, 3.05) is 20.1 Å². The Bertz CT molecular complexity index is 835. The highest BCUT2D eigenvalue weighted by atomic mass is 16.2. The summed E-state index contributed by atoms with van der Waals surface area (Å²) in [4.78, 5) is 14.9. The maximum absolute atomic E-state index is 13.1. The van der Waals surface area contributed by atoms with Gasteiger partial charge in [0.05, 0.1) is 5.69 Å². The molecule has 0 atom stereocenters. The average molecular weight is 354 g/mol. The standard InChI is InChI=1S/C21H30N4O/c1-14-9-10-17(15(2)11-14)25-18-8-6-7-16(18)19(23-25)20(26)24(5)13-21(3,4)12-22/h9-11H,6-8,12-13,22H2,1-5H3. The van der Waals surface area contributed by atoms with Crippen LogP contribution in [-0.4, -0.2) is 40.7 Å². The van der Waals surface area contributed by atoms with E-state index in [0.717, 1.165) is 30.5 Å². The second-order valence-corrected chi connectivity index (χ2v) is 8.36. The van der Waals surface area contributed by atoms with E-state index in [2.05, 4.69) is 45.9 Å². The Balaban J connectivity index is 1.98. The zero-order valence-electron chi connectivity index (χ0n) is 16.6. The van der Waals surface area contributed by atoms with Crippen molar-refractivity contribution in [3.8, 4) is 5.69 Å². The van der Waals surface area contributed by atoms with Crippen molar-refractivity contribution < 1.29 is 4.79 Å². The smallest absolute Gasteiger partial charge is 0.274 e. The van der Waals surface area contributed by atoms with E-state index in [9.17, 15) is 4.79 Å². The number of fused-ring (bicyclic) bond motifs is 1. The first kappa shape index (κ1) is 18.6. The Morgan fingerprint density at radius 1 is 1.31 bits per heavy atom. The monoisotopic (exact) mass is 354 g/mol. The van der Waals surface area contributed by atoms with Gasteiger partial charge in [-0.1, -0.05) is 31.5 Å². The molecule has 0 aliphatic heterocycles. The van der Waals surface area contributed by atoms with E-state index >= 15 is 0 Å². The molecular formula is C21H30N4O. The average Bonchev–Trinajstić information content (AvgIpc) is 3.17. The number of nitrogens with two attached hydrogens (primary N) is 1. The number of carbonyl (C=O) groups excluding carboxylic acids is 1. The summed E-state index contributed by atoms with van der Waals surface area (Å²) in [7, 11) is 1.84. The van der Waals surface area contributed by atoms with Gasteiger partial charge in [0, 0.05) is 24.8 Å². The third-order valence-electron chi connectivity index (χ3n) is 5.28. The van der Waals surface area contributed by atoms with Gasteiger partial charge in [-0.2, -0.15) is 5.10 Å². The molecule has 0 saturated carbocycles. The van der Waals surface area contributed by atoms with Gasteiger partial charge in [-0.3, -0.25) is 4.79 Å². The van der Waals surface area contributed by atoms with E-state index in [1.165, 1.54) is 16.8 Å². The van der Waals surface area contributed by atoms with Gasteiger partial charge in [0.1, 0.15) is 0 Å². The first-order valence-corrected chi connectivity index (χ1v) is 9.37. The van der Waals surface area contributed by atoms with Crippen LogP contribution in [0, 0.1) is 19.3 Å². The van der Waals surface area contributed by atoms with Gasteiger partial charge in [0.25, 0.3) is 5.91 Å². The quantitative estimate of drug-likeness (QED) is 0.897. The van der Waals surface area contributed by atoms with Gasteiger partial charge in [-0.25, -0.2) is 4.68 Å². The molecule has 0 radical (unpaired) electrons.